The van der Waals surface area contributed by atoms with Crippen LogP contribution in [-0.2, 0) is 5.21 Å². The van der Waals surface area contributed by atoms with Crippen LogP contribution in [0.15, 0.2) is 152 Å². The zero-order valence-electron chi connectivity index (χ0n) is 27.2. The lowest BCUT2D eigenvalue weighted by atomic mass is 9.45. The molecule has 8 aromatic rings. The van der Waals surface area contributed by atoms with Gasteiger partial charge in [0.2, 0.25) is 0 Å². The predicted octanol–water partition coefficient (Wildman–Crippen LogP) is 6.02. The van der Waals surface area contributed by atoms with Crippen LogP contribution in [0.2, 0.25) is 0 Å². The highest BCUT2D eigenvalue weighted by Gasteiger charge is 2.42. The molecule has 48 heavy (non-hydrogen) atoms. The SMILES string of the molecule is BC(O)(O)C(B)(B)c1nc2ccccc2n1-c1cccc(-c2c3ccccc3c(-c3ccccc3-c3ccccc3)c3ccccc23)c1. The molecule has 0 atom stereocenters. The van der Waals surface area contributed by atoms with Gasteiger partial charge in [0, 0.05) is 10.9 Å². The Bertz CT molecular complexity index is 2430. The molecule has 0 aliphatic rings. The summed E-state index contributed by atoms with van der Waals surface area (Å²) in [4.78, 5) is 4.95. The van der Waals surface area contributed by atoms with Crippen molar-refractivity contribution in [3.8, 4) is 39.1 Å². The summed E-state index contributed by atoms with van der Waals surface area (Å²) in [6, 6.07) is 53.1. The zero-order chi connectivity index (χ0) is 33.0. The maximum absolute atomic E-state index is 10.9. The molecule has 2 N–H and O–H groups in total. The predicted molar refractivity (Wildman–Crippen MR) is 207 cm³/mol. The zero-order valence-corrected chi connectivity index (χ0v) is 27.2. The van der Waals surface area contributed by atoms with Crippen LogP contribution >= 0.6 is 0 Å². The van der Waals surface area contributed by atoms with Gasteiger partial charge < -0.3 is 10.2 Å². The van der Waals surface area contributed by atoms with Crippen LogP contribution in [0.4, 0.5) is 0 Å². The topological polar surface area (TPSA) is 58.3 Å². The summed E-state index contributed by atoms with van der Waals surface area (Å²) in [6.45, 7) is 0. The standard InChI is InChI=1S/C41H33B3N2O2/c42-40(43,41(44,47)48)39-45-35-23-10-11-24-36(35)46(39)28-16-12-15-27(25-28)37-31-19-6-8-21-33(31)38(34-22-9-7-20-32(34)37)30-18-5-4-17-29(30)26-13-2-1-3-14-26/h1-25,47-48H,42-44H2. The van der Waals surface area contributed by atoms with E-state index in [0.29, 0.717) is 5.82 Å². The summed E-state index contributed by atoms with van der Waals surface area (Å²) in [7, 11) is 5.06. The summed E-state index contributed by atoms with van der Waals surface area (Å²) >= 11 is 0. The van der Waals surface area contributed by atoms with Crippen molar-refractivity contribution in [2.75, 3.05) is 0 Å². The Labute approximate surface area is 282 Å². The number of aliphatic hydroxyl groups is 2. The van der Waals surface area contributed by atoms with Gasteiger partial charge in [-0.2, -0.15) is 0 Å². The lowest BCUT2D eigenvalue weighted by molar-refractivity contribution is -0.100. The maximum Gasteiger partial charge on any atom is 0.177 e. The van der Waals surface area contributed by atoms with Crippen LogP contribution in [0, 0.1) is 0 Å². The Hall–Kier alpha value is -5.36. The lowest BCUT2D eigenvalue weighted by Crippen LogP contribution is -2.54. The molecular formula is C41H33B3N2O2. The molecule has 0 aliphatic carbocycles. The van der Waals surface area contributed by atoms with E-state index < -0.39 is 10.9 Å². The van der Waals surface area contributed by atoms with Gasteiger partial charge in [-0.15, -0.1) is 0 Å². The molecule has 0 unspecified atom stereocenters. The summed E-state index contributed by atoms with van der Waals surface area (Å²) < 4.78 is 2.07. The minimum Gasteiger partial charge on any atom is -0.375 e. The molecule has 0 spiro atoms. The van der Waals surface area contributed by atoms with Crippen LogP contribution in [0.1, 0.15) is 5.82 Å². The highest BCUT2D eigenvalue weighted by Crippen LogP contribution is 2.46. The van der Waals surface area contributed by atoms with Gasteiger partial charge in [-0.1, -0.05) is 127 Å². The molecule has 8 rings (SSSR count). The molecule has 1 heterocycles. The van der Waals surface area contributed by atoms with Gasteiger partial charge in [-0.25, -0.2) is 4.98 Å². The van der Waals surface area contributed by atoms with E-state index in [2.05, 4.69) is 132 Å². The van der Waals surface area contributed by atoms with Crippen LogP contribution < -0.4 is 0 Å². The third-order valence-corrected chi connectivity index (χ3v) is 9.91. The van der Waals surface area contributed by atoms with Gasteiger partial charge >= 0.3 is 0 Å². The van der Waals surface area contributed by atoms with Crippen molar-refractivity contribution in [1.29, 1.82) is 0 Å². The highest BCUT2D eigenvalue weighted by atomic mass is 16.5. The minimum atomic E-state index is -2.00. The van der Waals surface area contributed by atoms with Gasteiger partial charge in [-0.05, 0) is 79.2 Å². The highest BCUT2D eigenvalue weighted by molar-refractivity contribution is 6.44. The van der Waals surface area contributed by atoms with E-state index in [9.17, 15) is 10.2 Å². The summed E-state index contributed by atoms with van der Waals surface area (Å²) in [5.74, 6) is 0.580. The molecule has 0 fully saturated rings. The fraction of sp³-hybridized carbons (Fsp3) is 0.0488. The number of aromatic nitrogens is 2. The normalized spacial score (nSPS) is 12.2. The maximum atomic E-state index is 10.9. The van der Waals surface area contributed by atoms with Crippen molar-refractivity contribution in [3.05, 3.63) is 157 Å². The first-order valence-corrected chi connectivity index (χ1v) is 16.4. The van der Waals surface area contributed by atoms with E-state index in [4.69, 9.17) is 4.98 Å². The quantitative estimate of drug-likeness (QED) is 0.136. The van der Waals surface area contributed by atoms with Crippen molar-refractivity contribution in [3.63, 3.8) is 0 Å². The number of para-hydroxylation sites is 2. The molecule has 0 radical (unpaired) electrons. The molecule has 0 aliphatic heterocycles. The van der Waals surface area contributed by atoms with Crippen molar-refractivity contribution in [2.45, 2.75) is 10.9 Å². The number of benzene rings is 7. The second-order valence-corrected chi connectivity index (χ2v) is 13.2. The Kier molecular flexibility index (Phi) is 7.13. The molecule has 0 amide bonds. The third kappa shape index (κ3) is 4.78. The number of fused-ring (bicyclic) bond motifs is 3. The van der Waals surface area contributed by atoms with E-state index in [1.165, 1.54) is 51.6 Å². The van der Waals surface area contributed by atoms with E-state index in [0.717, 1.165) is 27.8 Å². The largest absolute Gasteiger partial charge is 0.375 e. The molecule has 0 saturated heterocycles. The van der Waals surface area contributed by atoms with E-state index in [1.807, 2.05) is 40.0 Å². The number of hydrogen-bond acceptors (Lipinski definition) is 3. The molecule has 7 heteroatoms. The number of imidazole rings is 1. The van der Waals surface area contributed by atoms with Gasteiger partial charge in [0.1, 0.15) is 27.2 Å². The third-order valence-electron chi connectivity index (χ3n) is 9.91. The first-order chi connectivity index (χ1) is 23.2. The van der Waals surface area contributed by atoms with Crippen molar-refractivity contribution < 1.29 is 10.2 Å². The Morgan fingerprint density at radius 1 is 0.500 bits per heavy atom. The Balaban J connectivity index is 1.41. The van der Waals surface area contributed by atoms with Crippen LogP contribution in [-0.4, -0.2) is 49.0 Å². The van der Waals surface area contributed by atoms with Gasteiger partial charge in [0.15, 0.2) is 7.85 Å². The van der Waals surface area contributed by atoms with Crippen LogP contribution in [0.3, 0.4) is 0 Å². The molecule has 4 nitrogen and oxygen atoms in total. The first-order valence-electron chi connectivity index (χ1n) is 16.4. The van der Waals surface area contributed by atoms with Crippen molar-refractivity contribution in [1.82, 2.24) is 9.55 Å². The number of nitrogens with zero attached hydrogens (tertiary/aromatic N) is 2. The minimum absolute atomic E-state index is 0.580. The van der Waals surface area contributed by atoms with E-state index in [1.54, 1.807) is 0 Å². The smallest absolute Gasteiger partial charge is 0.177 e. The molecule has 0 saturated carbocycles. The van der Waals surface area contributed by atoms with Gasteiger partial charge in [0.25, 0.3) is 0 Å². The fourth-order valence-electron chi connectivity index (χ4n) is 7.02. The average molecular weight is 618 g/mol. The van der Waals surface area contributed by atoms with Gasteiger partial charge in [0.05, 0.1) is 11.0 Å². The molecule has 228 valence electrons. The second kappa shape index (κ2) is 11.4. The fourth-order valence-corrected chi connectivity index (χ4v) is 7.02. The molecule has 1 aromatic heterocycles. The second-order valence-electron chi connectivity index (χ2n) is 13.2. The Morgan fingerprint density at radius 3 is 1.67 bits per heavy atom. The van der Waals surface area contributed by atoms with Crippen molar-refractivity contribution >= 4 is 56.1 Å². The average Bonchev–Trinajstić information content (AvgIpc) is 3.51. The first kappa shape index (κ1) is 30.0. The Morgan fingerprint density at radius 2 is 1.02 bits per heavy atom. The summed E-state index contributed by atoms with van der Waals surface area (Å²) in [5, 5.41) is 25.4. The number of hydrogen-bond donors (Lipinski definition) is 2. The van der Waals surface area contributed by atoms with Crippen molar-refractivity contribution in [2.24, 2.45) is 0 Å². The van der Waals surface area contributed by atoms with Gasteiger partial charge in [-0.3, -0.25) is 4.57 Å². The summed E-state index contributed by atoms with van der Waals surface area (Å²) in [6.07, 6.45) is 0. The van der Waals surface area contributed by atoms with Crippen LogP contribution in [0.25, 0.3) is 71.6 Å². The van der Waals surface area contributed by atoms with Crippen LogP contribution in [0.5, 0.6) is 0 Å². The molecule has 0 bridgehead atoms. The lowest BCUT2D eigenvalue weighted by Gasteiger charge is -2.36. The number of rotatable bonds is 6. The van der Waals surface area contributed by atoms with E-state index >= 15 is 0 Å². The monoisotopic (exact) mass is 618 g/mol. The summed E-state index contributed by atoms with van der Waals surface area (Å²) in [5.41, 5.74) is 7.64. The molecular weight excluding hydrogens is 585 g/mol. The molecule has 7 aromatic carbocycles. The van der Waals surface area contributed by atoms with E-state index in [-0.39, 0.29) is 0 Å².